The predicted molar refractivity (Wildman–Crippen MR) is 154 cm³/mol. The van der Waals surface area contributed by atoms with Gasteiger partial charge in [0.2, 0.25) is 0 Å². The Morgan fingerprint density at radius 3 is 2.11 bits per heavy atom. The SMILES string of the molecule is CCOC(=O)c1c(C(c2ccccc2)c2ccc(OCCN(C)C)cc2)c2ccccc2n1CCN(C)C. The van der Waals surface area contributed by atoms with Crippen molar-refractivity contribution in [3.05, 3.63) is 101 Å². The first-order valence-electron chi connectivity index (χ1n) is 13.3. The van der Waals surface area contributed by atoms with Crippen LogP contribution in [0.15, 0.2) is 78.9 Å². The number of carbonyl (C=O) groups is 1. The molecule has 0 amide bonds. The minimum atomic E-state index is -0.290. The number of aromatic nitrogens is 1. The van der Waals surface area contributed by atoms with Crippen molar-refractivity contribution in [3.63, 3.8) is 0 Å². The van der Waals surface area contributed by atoms with Crippen LogP contribution in [0, 0.1) is 0 Å². The van der Waals surface area contributed by atoms with Crippen molar-refractivity contribution in [2.75, 3.05) is 54.5 Å². The van der Waals surface area contributed by atoms with Crippen molar-refractivity contribution in [1.82, 2.24) is 14.4 Å². The maximum Gasteiger partial charge on any atom is 0.355 e. The zero-order chi connectivity index (χ0) is 27.1. The van der Waals surface area contributed by atoms with Gasteiger partial charge < -0.3 is 23.8 Å². The van der Waals surface area contributed by atoms with Crippen LogP contribution in [0.4, 0.5) is 0 Å². The number of rotatable bonds is 12. The lowest BCUT2D eigenvalue weighted by molar-refractivity contribution is 0.0512. The van der Waals surface area contributed by atoms with Gasteiger partial charge in [-0.1, -0.05) is 60.7 Å². The van der Waals surface area contributed by atoms with Gasteiger partial charge in [-0.25, -0.2) is 4.79 Å². The summed E-state index contributed by atoms with van der Waals surface area (Å²) in [7, 11) is 8.16. The lowest BCUT2D eigenvalue weighted by Gasteiger charge is -2.21. The summed E-state index contributed by atoms with van der Waals surface area (Å²) in [6.07, 6.45) is 0. The van der Waals surface area contributed by atoms with E-state index in [2.05, 4.69) is 62.9 Å². The molecule has 0 N–H and O–H groups in total. The molecule has 1 unspecified atom stereocenters. The second-order valence-corrected chi connectivity index (χ2v) is 10.0. The standard InChI is InChI=1S/C32H39N3O3/c1-6-37-32(36)31-30(27-14-10-11-15-28(27)35(31)21-20-33(2)3)29(24-12-8-7-9-13-24)25-16-18-26(19-17-25)38-23-22-34(4)5/h7-19,29H,6,20-23H2,1-5H3. The van der Waals surface area contributed by atoms with Crippen molar-refractivity contribution in [2.45, 2.75) is 19.4 Å². The Hall–Kier alpha value is -3.61. The topological polar surface area (TPSA) is 46.9 Å². The first-order chi connectivity index (χ1) is 18.4. The Bertz CT molecular complexity index is 1330. The summed E-state index contributed by atoms with van der Waals surface area (Å²) in [6, 6.07) is 27.0. The molecule has 1 atom stereocenters. The molecule has 0 saturated carbocycles. The van der Waals surface area contributed by atoms with Gasteiger partial charge >= 0.3 is 5.97 Å². The molecule has 1 aromatic heterocycles. The third-order valence-electron chi connectivity index (χ3n) is 6.69. The maximum atomic E-state index is 13.6. The number of benzene rings is 3. The van der Waals surface area contributed by atoms with Crippen LogP contribution in [0.1, 0.15) is 40.0 Å². The van der Waals surface area contributed by atoms with Gasteiger partial charge in [0, 0.05) is 42.0 Å². The largest absolute Gasteiger partial charge is 0.492 e. The Labute approximate surface area is 226 Å². The second kappa shape index (κ2) is 12.8. The van der Waals surface area contributed by atoms with Crippen molar-refractivity contribution in [1.29, 1.82) is 0 Å². The first-order valence-corrected chi connectivity index (χ1v) is 13.3. The smallest absolute Gasteiger partial charge is 0.355 e. The summed E-state index contributed by atoms with van der Waals surface area (Å²) < 4.78 is 13.8. The van der Waals surface area contributed by atoms with E-state index in [0.29, 0.717) is 25.5 Å². The lowest BCUT2D eigenvalue weighted by Crippen LogP contribution is -2.22. The van der Waals surface area contributed by atoms with Gasteiger partial charge in [0.25, 0.3) is 0 Å². The zero-order valence-electron chi connectivity index (χ0n) is 23.2. The summed E-state index contributed by atoms with van der Waals surface area (Å²) in [5, 5.41) is 1.06. The maximum absolute atomic E-state index is 13.6. The number of likely N-dealkylation sites (N-methyl/N-ethyl adjacent to an activating group) is 2. The number of esters is 1. The number of para-hydroxylation sites is 1. The highest BCUT2D eigenvalue weighted by Gasteiger charge is 2.30. The number of ether oxygens (including phenoxy) is 2. The van der Waals surface area contributed by atoms with Crippen LogP contribution < -0.4 is 4.74 Å². The average molecular weight is 514 g/mol. The number of fused-ring (bicyclic) bond motifs is 1. The molecule has 0 aliphatic carbocycles. The molecule has 6 heteroatoms. The Morgan fingerprint density at radius 1 is 0.816 bits per heavy atom. The summed E-state index contributed by atoms with van der Waals surface area (Å²) >= 11 is 0. The van der Waals surface area contributed by atoms with Gasteiger partial charge in [-0.2, -0.15) is 0 Å². The fourth-order valence-corrected chi connectivity index (χ4v) is 4.85. The van der Waals surface area contributed by atoms with Crippen LogP contribution in [0.5, 0.6) is 5.75 Å². The van der Waals surface area contributed by atoms with Crippen molar-refractivity contribution in [3.8, 4) is 5.75 Å². The predicted octanol–water partition coefficient (Wildman–Crippen LogP) is 5.50. The molecule has 0 fully saturated rings. The van der Waals surface area contributed by atoms with Gasteiger partial charge in [0.1, 0.15) is 18.1 Å². The molecule has 4 rings (SSSR count). The average Bonchev–Trinajstić information content (AvgIpc) is 3.23. The van der Waals surface area contributed by atoms with E-state index >= 15 is 0 Å². The van der Waals surface area contributed by atoms with Crippen LogP contribution in [0.25, 0.3) is 10.9 Å². The Morgan fingerprint density at radius 2 is 1.45 bits per heavy atom. The van der Waals surface area contributed by atoms with E-state index in [0.717, 1.165) is 46.4 Å². The zero-order valence-corrected chi connectivity index (χ0v) is 23.2. The number of hydrogen-bond donors (Lipinski definition) is 0. The van der Waals surface area contributed by atoms with E-state index in [1.165, 1.54) is 0 Å². The van der Waals surface area contributed by atoms with Gasteiger partial charge in [0.15, 0.2) is 0 Å². The number of hydrogen-bond acceptors (Lipinski definition) is 5. The molecule has 0 bridgehead atoms. The highest BCUT2D eigenvalue weighted by molar-refractivity contribution is 6.00. The highest BCUT2D eigenvalue weighted by Crippen LogP contribution is 2.41. The normalized spacial score (nSPS) is 12.3. The molecule has 0 saturated heterocycles. The molecule has 0 aliphatic heterocycles. The van der Waals surface area contributed by atoms with E-state index in [9.17, 15) is 4.79 Å². The molecule has 0 radical (unpaired) electrons. The Balaban J connectivity index is 1.89. The second-order valence-electron chi connectivity index (χ2n) is 10.0. The lowest BCUT2D eigenvalue weighted by atomic mass is 9.83. The van der Waals surface area contributed by atoms with Crippen molar-refractivity contribution >= 4 is 16.9 Å². The Kier molecular flexibility index (Phi) is 9.21. The molecule has 38 heavy (non-hydrogen) atoms. The summed E-state index contributed by atoms with van der Waals surface area (Å²) in [5.41, 5.74) is 4.85. The van der Waals surface area contributed by atoms with E-state index < -0.39 is 0 Å². The van der Waals surface area contributed by atoms with E-state index in [1.54, 1.807) is 0 Å². The number of nitrogens with zero attached hydrogens (tertiary/aromatic N) is 3. The molecule has 1 heterocycles. The first kappa shape index (κ1) is 27.4. The molecule has 0 aliphatic rings. The summed E-state index contributed by atoms with van der Waals surface area (Å²) in [5.74, 6) is 0.389. The summed E-state index contributed by atoms with van der Waals surface area (Å²) in [4.78, 5) is 17.8. The molecular weight excluding hydrogens is 474 g/mol. The van der Waals surface area contributed by atoms with Crippen LogP contribution in [0.2, 0.25) is 0 Å². The van der Waals surface area contributed by atoms with E-state index in [4.69, 9.17) is 9.47 Å². The van der Waals surface area contributed by atoms with Crippen LogP contribution in [-0.4, -0.2) is 74.8 Å². The third kappa shape index (κ3) is 6.26. The molecule has 200 valence electrons. The minimum absolute atomic E-state index is 0.156. The van der Waals surface area contributed by atoms with Gasteiger partial charge in [-0.3, -0.25) is 0 Å². The fraction of sp³-hybridized carbons (Fsp3) is 0.344. The molecule has 6 nitrogen and oxygen atoms in total. The number of carbonyl (C=O) groups excluding carboxylic acids is 1. The quantitative estimate of drug-likeness (QED) is 0.234. The van der Waals surface area contributed by atoms with Gasteiger partial charge in [-0.15, -0.1) is 0 Å². The molecule has 4 aromatic rings. The fourth-order valence-electron chi connectivity index (χ4n) is 4.85. The van der Waals surface area contributed by atoms with E-state index in [1.807, 2.05) is 65.4 Å². The molecular formula is C32H39N3O3. The van der Waals surface area contributed by atoms with Gasteiger partial charge in [-0.05, 0) is 64.4 Å². The molecule has 0 spiro atoms. The third-order valence-corrected chi connectivity index (χ3v) is 6.69. The van der Waals surface area contributed by atoms with Crippen LogP contribution >= 0.6 is 0 Å². The van der Waals surface area contributed by atoms with Crippen molar-refractivity contribution in [2.24, 2.45) is 0 Å². The van der Waals surface area contributed by atoms with E-state index in [-0.39, 0.29) is 11.9 Å². The van der Waals surface area contributed by atoms with Crippen LogP contribution in [0.3, 0.4) is 0 Å². The highest BCUT2D eigenvalue weighted by atomic mass is 16.5. The van der Waals surface area contributed by atoms with Gasteiger partial charge in [0.05, 0.1) is 6.61 Å². The molecule has 3 aromatic carbocycles. The monoisotopic (exact) mass is 513 g/mol. The summed E-state index contributed by atoms with van der Waals surface area (Å²) in [6.45, 7) is 5.14. The van der Waals surface area contributed by atoms with Crippen LogP contribution in [-0.2, 0) is 11.3 Å². The minimum Gasteiger partial charge on any atom is -0.492 e. The van der Waals surface area contributed by atoms with Crippen molar-refractivity contribution < 1.29 is 14.3 Å².